The lowest BCUT2D eigenvalue weighted by Crippen LogP contribution is -2.43. The molecule has 9 nitrogen and oxygen atoms in total. The number of rotatable bonds is 11. The number of benzene rings is 1. The van der Waals surface area contributed by atoms with Crippen LogP contribution >= 0.6 is 0 Å². The summed E-state index contributed by atoms with van der Waals surface area (Å²) in [7, 11) is 4.71. The largest absolute Gasteiger partial charge is 0.493 e. The van der Waals surface area contributed by atoms with Crippen LogP contribution in [0.4, 0.5) is 5.69 Å². The maximum Gasteiger partial charge on any atom is 0.242 e. The SMILES string of the molecule is COc1cc2c(c(OC)c1OC)-c1ccc(N[C@H](CC(C)C)C(=O)NC[C@@H]3C[C@H]4C=C[C@H]3C4)c(=O)cc1[C@H](NC(C)=O)CC2. The van der Waals surface area contributed by atoms with E-state index in [1.54, 1.807) is 33.5 Å². The highest BCUT2D eigenvalue weighted by molar-refractivity contribution is 5.86. The molecular weight excluding hydrogens is 558 g/mol. The molecule has 0 spiro atoms. The molecule has 2 aromatic carbocycles. The van der Waals surface area contributed by atoms with Crippen LogP contribution in [0.15, 0.2) is 41.2 Å². The van der Waals surface area contributed by atoms with Crippen molar-refractivity contribution >= 4 is 17.5 Å². The van der Waals surface area contributed by atoms with E-state index >= 15 is 0 Å². The summed E-state index contributed by atoms with van der Waals surface area (Å²) in [5.41, 5.74) is 3.22. The summed E-state index contributed by atoms with van der Waals surface area (Å²) in [6.45, 7) is 6.25. The Bertz CT molecular complexity index is 1500. The van der Waals surface area contributed by atoms with Crippen LogP contribution in [0.2, 0.25) is 0 Å². The van der Waals surface area contributed by atoms with Gasteiger partial charge in [0.1, 0.15) is 6.04 Å². The smallest absolute Gasteiger partial charge is 0.242 e. The van der Waals surface area contributed by atoms with Crippen molar-refractivity contribution in [1.82, 2.24) is 10.6 Å². The summed E-state index contributed by atoms with van der Waals surface area (Å²) >= 11 is 0. The van der Waals surface area contributed by atoms with Crippen LogP contribution in [0.25, 0.3) is 11.1 Å². The highest BCUT2D eigenvalue weighted by atomic mass is 16.5. The maximum atomic E-state index is 13.8. The normalized spacial score (nSPS) is 22.0. The standard InChI is InChI=1S/C35H45N3O6/c1-19(2)13-29(35(41)36-18-24-15-21-7-8-22(24)14-21)38-28-12-10-25-26(17-30(28)40)27(37-20(3)39)11-9-23-16-31(42-4)33(43-5)34(44-6)32(23)25/h7-8,10,12,16-17,19,21-22,24,27,29H,9,11,13-15,18H2,1-6H3,(H,36,41)(H,37,39)(H,38,40)/t21-,22-,24-,27+,29+/m0/s1. The first-order valence-corrected chi connectivity index (χ1v) is 15.6. The molecule has 3 aliphatic carbocycles. The molecule has 236 valence electrons. The number of amides is 2. The fourth-order valence-electron chi connectivity index (χ4n) is 7.20. The van der Waals surface area contributed by atoms with E-state index in [9.17, 15) is 14.4 Å². The number of aryl methyl sites for hydroxylation is 1. The third-order valence-electron chi connectivity index (χ3n) is 9.22. The second kappa shape index (κ2) is 13.3. The van der Waals surface area contributed by atoms with Crippen LogP contribution in [0.1, 0.15) is 63.6 Å². The molecule has 0 aromatic heterocycles. The van der Waals surface area contributed by atoms with Gasteiger partial charge in [0, 0.05) is 19.0 Å². The van der Waals surface area contributed by atoms with Crippen molar-refractivity contribution in [2.45, 2.75) is 65.0 Å². The molecule has 0 aliphatic heterocycles. The fraction of sp³-hybridized carbons (Fsp3) is 0.514. The summed E-state index contributed by atoms with van der Waals surface area (Å²) < 4.78 is 17.2. The minimum absolute atomic E-state index is 0.0992. The first-order chi connectivity index (χ1) is 21.1. The third kappa shape index (κ3) is 6.42. The van der Waals surface area contributed by atoms with Crippen LogP contribution in [0.3, 0.4) is 0 Å². The van der Waals surface area contributed by atoms with Gasteiger partial charge in [-0.15, -0.1) is 0 Å². The predicted molar refractivity (Wildman–Crippen MR) is 171 cm³/mol. The monoisotopic (exact) mass is 603 g/mol. The lowest BCUT2D eigenvalue weighted by Gasteiger charge is -2.23. The number of allylic oxidation sites excluding steroid dienone is 2. The quantitative estimate of drug-likeness (QED) is 0.309. The van der Waals surface area contributed by atoms with E-state index in [-0.39, 0.29) is 23.2 Å². The second-order valence-electron chi connectivity index (χ2n) is 12.7. The molecule has 2 amide bonds. The Morgan fingerprint density at radius 2 is 1.77 bits per heavy atom. The van der Waals surface area contributed by atoms with Crippen molar-refractivity contribution < 1.29 is 23.8 Å². The highest BCUT2D eigenvalue weighted by Gasteiger charge is 2.36. The number of carbonyl (C=O) groups excluding carboxylic acids is 2. The molecule has 0 unspecified atom stereocenters. The van der Waals surface area contributed by atoms with Gasteiger partial charge in [0.15, 0.2) is 11.5 Å². The van der Waals surface area contributed by atoms with Crippen LogP contribution in [-0.2, 0) is 16.0 Å². The zero-order valence-electron chi connectivity index (χ0n) is 26.6. The Kier molecular flexibility index (Phi) is 9.51. The number of anilines is 1. The molecule has 3 N–H and O–H groups in total. The van der Waals surface area contributed by atoms with Crippen LogP contribution < -0.4 is 35.6 Å². The van der Waals surface area contributed by atoms with Crippen LogP contribution in [0, 0.1) is 23.7 Å². The predicted octanol–water partition coefficient (Wildman–Crippen LogP) is 5.02. The van der Waals surface area contributed by atoms with E-state index in [4.69, 9.17) is 14.2 Å². The fourth-order valence-corrected chi connectivity index (χ4v) is 7.20. The number of ether oxygens (including phenoxy) is 3. The van der Waals surface area contributed by atoms with Gasteiger partial charge < -0.3 is 30.2 Å². The molecule has 0 saturated heterocycles. The minimum Gasteiger partial charge on any atom is -0.493 e. The van der Waals surface area contributed by atoms with Crippen LogP contribution in [-0.4, -0.2) is 45.7 Å². The van der Waals surface area contributed by atoms with Crippen molar-refractivity contribution in [2.75, 3.05) is 33.2 Å². The molecule has 9 heteroatoms. The number of hydrogen-bond acceptors (Lipinski definition) is 7. The number of hydrogen-bond donors (Lipinski definition) is 3. The molecule has 1 fully saturated rings. The molecule has 3 aliphatic rings. The van der Waals surface area contributed by atoms with Crippen molar-refractivity contribution in [2.24, 2.45) is 23.7 Å². The van der Waals surface area contributed by atoms with E-state index in [1.807, 2.05) is 12.1 Å². The molecule has 2 aromatic rings. The van der Waals surface area contributed by atoms with Gasteiger partial charge in [-0.25, -0.2) is 0 Å². The topological polar surface area (TPSA) is 115 Å². The van der Waals surface area contributed by atoms with E-state index in [0.29, 0.717) is 72.1 Å². The summed E-state index contributed by atoms with van der Waals surface area (Å²) in [5, 5.41) is 9.51. The first kappa shape index (κ1) is 31.4. The van der Waals surface area contributed by atoms with Gasteiger partial charge in [-0.1, -0.05) is 32.1 Å². The van der Waals surface area contributed by atoms with Gasteiger partial charge >= 0.3 is 0 Å². The second-order valence-corrected chi connectivity index (χ2v) is 12.7. The van der Waals surface area contributed by atoms with Gasteiger partial charge in [-0.3, -0.25) is 14.4 Å². The Morgan fingerprint density at radius 3 is 2.39 bits per heavy atom. The summed E-state index contributed by atoms with van der Waals surface area (Å²) in [4.78, 5) is 39.6. The lowest BCUT2D eigenvalue weighted by molar-refractivity contribution is -0.122. The number of nitrogens with one attached hydrogen (secondary N) is 3. The summed E-state index contributed by atoms with van der Waals surface area (Å²) in [6, 6.07) is 6.13. The molecule has 5 rings (SSSR count). The number of carbonyl (C=O) groups is 2. The molecule has 0 radical (unpaired) electrons. The Labute approximate surface area is 259 Å². The molecular formula is C35H45N3O6. The Hall–Kier alpha value is -4.01. The average molecular weight is 604 g/mol. The van der Waals surface area contributed by atoms with E-state index in [2.05, 4.69) is 41.9 Å². The van der Waals surface area contributed by atoms with Crippen molar-refractivity contribution in [3.05, 3.63) is 57.8 Å². The zero-order valence-corrected chi connectivity index (χ0v) is 26.6. The minimum atomic E-state index is -0.573. The number of methoxy groups -OCH3 is 3. The molecule has 0 heterocycles. The average Bonchev–Trinajstić information content (AvgIpc) is 3.55. The summed E-state index contributed by atoms with van der Waals surface area (Å²) in [5.74, 6) is 3.07. The van der Waals surface area contributed by atoms with Gasteiger partial charge in [-0.2, -0.15) is 0 Å². The lowest BCUT2D eigenvalue weighted by atomic mass is 9.93. The highest BCUT2D eigenvalue weighted by Crippen LogP contribution is 2.50. The van der Waals surface area contributed by atoms with E-state index in [0.717, 1.165) is 23.1 Å². The van der Waals surface area contributed by atoms with Gasteiger partial charge in [0.05, 0.1) is 33.1 Å². The van der Waals surface area contributed by atoms with Gasteiger partial charge in [-0.05, 0) is 90.7 Å². The summed E-state index contributed by atoms with van der Waals surface area (Å²) in [6.07, 6.45) is 8.65. The molecule has 5 atom stereocenters. The van der Waals surface area contributed by atoms with Crippen molar-refractivity contribution in [1.29, 1.82) is 0 Å². The van der Waals surface area contributed by atoms with Crippen molar-refractivity contribution in [3.8, 4) is 28.4 Å². The Balaban J connectivity index is 1.53. The molecule has 44 heavy (non-hydrogen) atoms. The van der Waals surface area contributed by atoms with E-state index in [1.165, 1.54) is 13.3 Å². The van der Waals surface area contributed by atoms with Crippen LogP contribution in [0.5, 0.6) is 17.2 Å². The van der Waals surface area contributed by atoms with Gasteiger partial charge in [0.2, 0.25) is 23.0 Å². The molecule has 2 bridgehead atoms. The zero-order chi connectivity index (χ0) is 31.5. The van der Waals surface area contributed by atoms with E-state index < -0.39 is 12.1 Å². The third-order valence-corrected chi connectivity index (χ3v) is 9.22. The van der Waals surface area contributed by atoms with Crippen molar-refractivity contribution in [3.63, 3.8) is 0 Å². The first-order valence-electron chi connectivity index (χ1n) is 15.6. The van der Waals surface area contributed by atoms with Gasteiger partial charge in [0.25, 0.3) is 0 Å². The Morgan fingerprint density at radius 1 is 1.00 bits per heavy atom. The maximum absolute atomic E-state index is 13.8. The molecule has 1 saturated carbocycles. The number of fused-ring (bicyclic) bond motifs is 5.